The molecular weight excluding hydrogens is 460 g/mol. The lowest BCUT2D eigenvalue weighted by Crippen LogP contribution is -2.26. The van der Waals surface area contributed by atoms with E-state index in [9.17, 15) is 0 Å². The monoisotopic (exact) mass is 490 g/mol. The van der Waals surface area contributed by atoms with Crippen molar-refractivity contribution in [2.24, 2.45) is 4.99 Å². The first-order valence-electron chi connectivity index (χ1n) is 13.3. The Morgan fingerprint density at radius 1 is 0.605 bits per heavy atom. The normalized spacial score (nSPS) is 14.2. The molecule has 0 spiro atoms. The van der Waals surface area contributed by atoms with Gasteiger partial charge in [-0.3, -0.25) is 4.99 Å². The molecule has 0 radical (unpaired) electrons. The highest BCUT2D eigenvalue weighted by Crippen LogP contribution is 2.46. The fourth-order valence-electron chi connectivity index (χ4n) is 6.20. The molecule has 1 aromatic heterocycles. The van der Waals surface area contributed by atoms with Crippen LogP contribution in [0.15, 0.2) is 114 Å². The maximum Gasteiger partial charge on any atom is 0.0682 e. The van der Waals surface area contributed by atoms with E-state index >= 15 is 0 Å². The predicted molar refractivity (Wildman–Crippen MR) is 161 cm³/mol. The molecule has 2 nitrogen and oxygen atoms in total. The summed E-state index contributed by atoms with van der Waals surface area (Å²) >= 11 is 0. The predicted octanol–water partition coefficient (Wildman–Crippen LogP) is 9.48. The molecule has 1 aliphatic heterocycles. The zero-order valence-electron chi connectivity index (χ0n) is 22.3. The van der Waals surface area contributed by atoms with Crippen molar-refractivity contribution in [2.45, 2.75) is 33.1 Å². The topological polar surface area (TPSA) is 17.3 Å². The van der Waals surface area contributed by atoms with E-state index in [1.165, 1.54) is 60.9 Å². The largest absolute Gasteiger partial charge is 0.309 e. The summed E-state index contributed by atoms with van der Waals surface area (Å²) in [6.07, 6.45) is 0. The summed E-state index contributed by atoms with van der Waals surface area (Å²) in [5.41, 5.74) is 13.3. The third kappa shape index (κ3) is 3.30. The van der Waals surface area contributed by atoms with E-state index < -0.39 is 0 Å². The number of aliphatic imine (C=N–C) groups is 1. The van der Waals surface area contributed by atoms with E-state index in [0.717, 1.165) is 11.4 Å². The first-order chi connectivity index (χ1) is 18.4. The second kappa shape index (κ2) is 8.29. The summed E-state index contributed by atoms with van der Waals surface area (Å²) in [5.74, 6) is 0. The lowest BCUT2D eigenvalue weighted by Gasteiger charge is -2.23. The van der Waals surface area contributed by atoms with Gasteiger partial charge >= 0.3 is 0 Å². The fraction of sp³-hybridized carbons (Fsp3) is 0.139. The lowest BCUT2D eigenvalue weighted by atomic mass is 9.79. The van der Waals surface area contributed by atoms with Gasteiger partial charge in [0.25, 0.3) is 0 Å². The van der Waals surface area contributed by atoms with Gasteiger partial charge in [0.1, 0.15) is 0 Å². The van der Waals surface area contributed by atoms with Crippen LogP contribution in [0.4, 0.5) is 5.69 Å². The number of fused-ring (bicyclic) bond motifs is 4. The molecule has 0 saturated heterocycles. The molecule has 0 atom stereocenters. The van der Waals surface area contributed by atoms with Crippen molar-refractivity contribution in [1.29, 1.82) is 0 Å². The second-order valence-electron chi connectivity index (χ2n) is 11.0. The number of aromatic nitrogens is 1. The number of para-hydroxylation sites is 1. The highest BCUT2D eigenvalue weighted by Gasteiger charge is 2.36. The molecule has 1 aliphatic rings. The third-order valence-corrected chi connectivity index (χ3v) is 8.25. The number of nitrogens with zero attached hydrogens (tertiary/aromatic N) is 2. The first-order valence-corrected chi connectivity index (χ1v) is 13.3. The van der Waals surface area contributed by atoms with Crippen molar-refractivity contribution < 1.29 is 0 Å². The maximum absolute atomic E-state index is 5.20. The Hall–Kier alpha value is -4.43. The van der Waals surface area contributed by atoms with E-state index in [0.29, 0.717) is 0 Å². The molecule has 0 bridgehead atoms. The van der Waals surface area contributed by atoms with Crippen molar-refractivity contribution in [3.63, 3.8) is 0 Å². The standard InChI is InChI=1S/C36H30N2/c1-23-12-8-9-15-27(23)29-20-26(19-18-24(29)2)38-33-17-11-10-16-28(33)30-21-32-31(22-34(30)38)36(3,4)35(37-32)25-13-6-5-7-14-25/h5-22H,1-4H3. The van der Waals surface area contributed by atoms with Crippen LogP contribution in [0.25, 0.3) is 38.6 Å². The van der Waals surface area contributed by atoms with Crippen LogP contribution >= 0.6 is 0 Å². The zero-order chi connectivity index (χ0) is 26.0. The van der Waals surface area contributed by atoms with Gasteiger partial charge in [0, 0.05) is 21.9 Å². The van der Waals surface area contributed by atoms with Gasteiger partial charge < -0.3 is 4.57 Å². The van der Waals surface area contributed by atoms with Crippen molar-refractivity contribution in [3.8, 4) is 16.8 Å². The number of benzene rings is 5. The molecular formula is C36H30N2. The van der Waals surface area contributed by atoms with Crippen molar-refractivity contribution >= 4 is 33.2 Å². The Labute approximate surface area is 223 Å². The molecule has 0 amide bonds. The Kier molecular flexibility index (Phi) is 4.96. The minimum atomic E-state index is -0.189. The molecule has 2 heterocycles. The van der Waals surface area contributed by atoms with Gasteiger partial charge in [-0.2, -0.15) is 0 Å². The smallest absolute Gasteiger partial charge is 0.0682 e. The van der Waals surface area contributed by atoms with E-state index in [2.05, 4.69) is 141 Å². The molecule has 184 valence electrons. The molecule has 0 fully saturated rings. The van der Waals surface area contributed by atoms with Crippen molar-refractivity contribution in [2.75, 3.05) is 0 Å². The summed E-state index contributed by atoms with van der Waals surface area (Å²) in [7, 11) is 0. The van der Waals surface area contributed by atoms with Gasteiger partial charge in [0.15, 0.2) is 0 Å². The van der Waals surface area contributed by atoms with Crippen molar-refractivity contribution in [3.05, 3.63) is 131 Å². The van der Waals surface area contributed by atoms with E-state index in [1.807, 2.05) is 0 Å². The SMILES string of the molecule is Cc1ccccc1-c1cc(-n2c3ccccc3c3cc4c(cc32)C(C)(C)C(c2ccccc2)=N4)ccc1C. The van der Waals surface area contributed by atoms with Crippen LogP contribution in [-0.4, -0.2) is 10.3 Å². The number of rotatable bonds is 3. The Morgan fingerprint density at radius 3 is 2.13 bits per heavy atom. The molecule has 2 heteroatoms. The summed E-state index contributed by atoms with van der Waals surface area (Å²) in [6.45, 7) is 8.99. The third-order valence-electron chi connectivity index (χ3n) is 8.25. The minimum Gasteiger partial charge on any atom is -0.309 e. The first kappa shape index (κ1) is 22.7. The van der Waals surface area contributed by atoms with Crippen LogP contribution in [0.2, 0.25) is 0 Å². The second-order valence-corrected chi connectivity index (χ2v) is 11.0. The van der Waals surface area contributed by atoms with E-state index in [-0.39, 0.29) is 5.41 Å². The average Bonchev–Trinajstić information content (AvgIpc) is 3.39. The van der Waals surface area contributed by atoms with Crippen molar-refractivity contribution in [1.82, 2.24) is 4.57 Å². The number of aryl methyl sites for hydroxylation is 2. The number of hydrogen-bond acceptors (Lipinski definition) is 1. The maximum atomic E-state index is 5.20. The van der Waals surface area contributed by atoms with Gasteiger partial charge in [-0.25, -0.2) is 0 Å². The minimum absolute atomic E-state index is 0.189. The van der Waals surface area contributed by atoms with Crippen LogP contribution in [0, 0.1) is 13.8 Å². The molecule has 0 N–H and O–H groups in total. The zero-order valence-corrected chi connectivity index (χ0v) is 22.3. The summed E-state index contributed by atoms with van der Waals surface area (Å²) in [5, 5.41) is 2.50. The van der Waals surface area contributed by atoms with E-state index in [1.54, 1.807) is 0 Å². The van der Waals surface area contributed by atoms with Gasteiger partial charge in [-0.05, 0) is 77.6 Å². The molecule has 0 aliphatic carbocycles. The van der Waals surface area contributed by atoms with Crippen LogP contribution in [0.1, 0.15) is 36.1 Å². The molecule has 0 saturated carbocycles. The molecule has 5 aromatic carbocycles. The Morgan fingerprint density at radius 2 is 1.32 bits per heavy atom. The van der Waals surface area contributed by atoms with Crippen LogP contribution in [0.5, 0.6) is 0 Å². The summed E-state index contributed by atoms with van der Waals surface area (Å²) in [4.78, 5) is 5.20. The van der Waals surface area contributed by atoms with E-state index in [4.69, 9.17) is 4.99 Å². The van der Waals surface area contributed by atoms with Gasteiger partial charge in [-0.1, -0.05) is 92.7 Å². The van der Waals surface area contributed by atoms with Crippen LogP contribution < -0.4 is 0 Å². The van der Waals surface area contributed by atoms with Crippen LogP contribution in [0.3, 0.4) is 0 Å². The summed E-state index contributed by atoms with van der Waals surface area (Å²) in [6, 6.07) is 39.5. The Balaban J connectivity index is 1.49. The average molecular weight is 491 g/mol. The molecule has 6 aromatic rings. The van der Waals surface area contributed by atoms with Crippen LogP contribution in [-0.2, 0) is 5.41 Å². The molecule has 7 rings (SSSR count). The Bertz CT molecular complexity index is 1900. The summed E-state index contributed by atoms with van der Waals surface area (Å²) < 4.78 is 2.43. The van der Waals surface area contributed by atoms with Gasteiger partial charge in [0.2, 0.25) is 0 Å². The number of hydrogen-bond donors (Lipinski definition) is 0. The molecule has 0 unspecified atom stereocenters. The highest BCUT2D eigenvalue weighted by atomic mass is 15.0. The fourth-order valence-corrected chi connectivity index (χ4v) is 6.20. The quantitative estimate of drug-likeness (QED) is 0.235. The lowest BCUT2D eigenvalue weighted by molar-refractivity contribution is 0.738. The molecule has 38 heavy (non-hydrogen) atoms. The highest BCUT2D eigenvalue weighted by molar-refractivity contribution is 6.16. The van der Waals surface area contributed by atoms with Gasteiger partial charge in [-0.15, -0.1) is 0 Å². The van der Waals surface area contributed by atoms with Gasteiger partial charge in [0.05, 0.1) is 22.4 Å².